The normalized spacial score (nSPS) is 10.2. The van der Waals surface area contributed by atoms with E-state index < -0.39 is 11.7 Å². The van der Waals surface area contributed by atoms with E-state index in [1.54, 1.807) is 19.1 Å². The molecule has 0 aliphatic heterocycles. The molecule has 0 aromatic heterocycles. The summed E-state index contributed by atoms with van der Waals surface area (Å²) in [5.74, 6) is -1.64. The van der Waals surface area contributed by atoms with Crippen molar-refractivity contribution in [3.05, 3.63) is 53.3 Å². The zero-order chi connectivity index (χ0) is 14.0. The van der Waals surface area contributed by atoms with Gasteiger partial charge in [-0.25, -0.2) is 4.39 Å². The molecule has 0 unspecified atom stereocenters. The highest BCUT2D eigenvalue weighted by Crippen LogP contribution is 2.23. The SMILES string of the molecule is Cc1cccc(F)c1NC(=O)c1cc(O)cc(O)c1. The van der Waals surface area contributed by atoms with Gasteiger partial charge in [-0.2, -0.15) is 0 Å². The van der Waals surface area contributed by atoms with Gasteiger partial charge in [0.15, 0.2) is 0 Å². The lowest BCUT2D eigenvalue weighted by Gasteiger charge is -2.09. The molecule has 0 atom stereocenters. The molecule has 0 saturated heterocycles. The average Bonchev–Trinajstić information content (AvgIpc) is 2.32. The number of carbonyl (C=O) groups is 1. The fourth-order valence-electron chi connectivity index (χ4n) is 1.70. The summed E-state index contributed by atoms with van der Waals surface area (Å²) in [6, 6.07) is 7.92. The minimum Gasteiger partial charge on any atom is -0.508 e. The number of halogens is 1. The van der Waals surface area contributed by atoms with Crippen LogP contribution in [-0.4, -0.2) is 16.1 Å². The Labute approximate surface area is 109 Å². The molecule has 1 amide bonds. The highest BCUT2D eigenvalue weighted by Gasteiger charge is 2.12. The van der Waals surface area contributed by atoms with E-state index >= 15 is 0 Å². The number of phenols is 2. The van der Waals surface area contributed by atoms with Crippen LogP contribution in [0.4, 0.5) is 10.1 Å². The van der Waals surface area contributed by atoms with Crippen molar-refractivity contribution in [1.82, 2.24) is 0 Å². The number of aromatic hydroxyl groups is 2. The van der Waals surface area contributed by atoms with Gasteiger partial charge in [0, 0.05) is 11.6 Å². The second-order valence-corrected chi connectivity index (χ2v) is 4.12. The third-order valence-corrected chi connectivity index (χ3v) is 2.63. The number of carbonyl (C=O) groups excluding carboxylic acids is 1. The molecule has 98 valence electrons. The Morgan fingerprint density at radius 1 is 1.16 bits per heavy atom. The molecule has 0 radical (unpaired) electrons. The van der Waals surface area contributed by atoms with Gasteiger partial charge >= 0.3 is 0 Å². The maximum atomic E-state index is 13.6. The second-order valence-electron chi connectivity index (χ2n) is 4.12. The van der Waals surface area contributed by atoms with E-state index in [1.807, 2.05) is 0 Å². The summed E-state index contributed by atoms with van der Waals surface area (Å²) >= 11 is 0. The van der Waals surface area contributed by atoms with Crippen LogP contribution in [-0.2, 0) is 0 Å². The Kier molecular flexibility index (Phi) is 3.37. The minimum atomic E-state index is -0.612. The van der Waals surface area contributed by atoms with Crippen LogP contribution in [0.1, 0.15) is 15.9 Å². The molecule has 0 bridgehead atoms. The van der Waals surface area contributed by atoms with Crippen LogP contribution >= 0.6 is 0 Å². The van der Waals surface area contributed by atoms with Crippen LogP contribution in [0.2, 0.25) is 0 Å². The van der Waals surface area contributed by atoms with Crippen LogP contribution in [0.5, 0.6) is 11.5 Å². The molecule has 4 nitrogen and oxygen atoms in total. The van der Waals surface area contributed by atoms with E-state index in [0.717, 1.165) is 6.07 Å². The third-order valence-electron chi connectivity index (χ3n) is 2.63. The fourth-order valence-corrected chi connectivity index (χ4v) is 1.70. The van der Waals surface area contributed by atoms with E-state index in [2.05, 4.69) is 5.32 Å². The summed E-state index contributed by atoms with van der Waals surface area (Å²) in [5, 5.41) is 21.0. The Morgan fingerprint density at radius 3 is 2.37 bits per heavy atom. The number of hydrogen-bond acceptors (Lipinski definition) is 3. The molecule has 0 aliphatic rings. The maximum Gasteiger partial charge on any atom is 0.256 e. The molecule has 0 aliphatic carbocycles. The zero-order valence-corrected chi connectivity index (χ0v) is 10.1. The number of nitrogens with one attached hydrogen (secondary N) is 1. The minimum absolute atomic E-state index is 0.0418. The second kappa shape index (κ2) is 4.97. The quantitative estimate of drug-likeness (QED) is 0.778. The Balaban J connectivity index is 2.31. The topological polar surface area (TPSA) is 69.6 Å². The van der Waals surface area contributed by atoms with Gasteiger partial charge in [0.25, 0.3) is 5.91 Å². The maximum absolute atomic E-state index is 13.6. The van der Waals surface area contributed by atoms with Crippen LogP contribution < -0.4 is 5.32 Å². The summed E-state index contributed by atoms with van der Waals surface area (Å²) in [4.78, 5) is 11.9. The number of para-hydroxylation sites is 1. The number of aryl methyl sites for hydroxylation is 1. The van der Waals surface area contributed by atoms with E-state index in [0.29, 0.717) is 5.56 Å². The Bertz CT molecular complexity index is 600. The van der Waals surface area contributed by atoms with Crippen LogP contribution in [0.25, 0.3) is 0 Å². The molecule has 0 spiro atoms. The van der Waals surface area contributed by atoms with Crippen molar-refractivity contribution < 1.29 is 19.4 Å². The van der Waals surface area contributed by atoms with Gasteiger partial charge in [-0.1, -0.05) is 12.1 Å². The first kappa shape index (κ1) is 12.9. The van der Waals surface area contributed by atoms with Crippen molar-refractivity contribution in [2.75, 3.05) is 5.32 Å². The molecule has 2 rings (SSSR count). The number of hydrogen-bond donors (Lipinski definition) is 3. The van der Waals surface area contributed by atoms with Gasteiger partial charge in [0.1, 0.15) is 17.3 Å². The largest absolute Gasteiger partial charge is 0.508 e. The average molecular weight is 261 g/mol. The third kappa shape index (κ3) is 2.82. The molecule has 2 aromatic carbocycles. The van der Waals surface area contributed by atoms with Gasteiger partial charge in [-0.3, -0.25) is 4.79 Å². The molecule has 0 fully saturated rings. The lowest BCUT2D eigenvalue weighted by Crippen LogP contribution is -2.13. The van der Waals surface area contributed by atoms with Crippen molar-refractivity contribution in [2.45, 2.75) is 6.92 Å². The summed E-state index contributed by atoms with van der Waals surface area (Å²) in [7, 11) is 0. The highest BCUT2D eigenvalue weighted by molar-refractivity contribution is 6.05. The van der Waals surface area contributed by atoms with Crippen molar-refractivity contribution in [3.63, 3.8) is 0 Å². The summed E-state index contributed by atoms with van der Waals surface area (Å²) in [5.41, 5.74) is 0.702. The van der Waals surface area contributed by atoms with E-state index in [9.17, 15) is 19.4 Å². The zero-order valence-electron chi connectivity index (χ0n) is 10.1. The number of rotatable bonds is 2. The molecule has 2 aromatic rings. The predicted octanol–water partition coefficient (Wildman–Crippen LogP) is 2.80. The molecule has 0 saturated carbocycles. The van der Waals surface area contributed by atoms with Crippen molar-refractivity contribution in [1.29, 1.82) is 0 Å². The number of phenolic OH excluding ortho intramolecular Hbond substituents is 2. The van der Waals surface area contributed by atoms with Crippen molar-refractivity contribution >= 4 is 11.6 Å². The van der Waals surface area contributed by atoms with Crippen LogP contribution in [0, 0.1) is 12.7 Å². The molecule has 19 heavy (non-hydrogen) atoms. The Hall–Kier alpha value is -2.56. The number of benzene rings is 2. The summed E-state index contributed by atoms with van der Waals surface area (Å²) in [6.07, 6.45) is 0. The number of amides is 1. The van der Waals surface area contributed by atoms with Gasteiger partial charge in [0.2, 0.25) is 0 Å². The first-order chi connectivity index (χ1) is 8.97. The van der Waals surface area contributed by atoms with E-state index in [-0.39, 0.29) is 22.7 Å². The fraction of sp³-hybridized carbons (Fsp3) is 0.0714. The molecular formula is C14H12FNO3. The van der Waals surface area contributed by atoms with Crippen molar-refractivity contribution in [3.8, 4) is 11.5 Å². The molecule has 5 heteroatoms. The lowest BCUT2D eigenvalue weighted by molar-refractivity contribution is 0.102. The van der Waals surface area contributed by atoms with Gasteiger partial charge < -0.3 is 15.5 Å². The van der Waals surface area contributed by atoms with Crippen LogP contribution in [0.15, 0.2) is 36.4 Å². The van der Waals surface area contributed by atoms with Crippen molar-refractivity contribution in [2.24, 2.45) is 0 Å². The standard InChI is InChI=1S/C14H12FNO3/c1-8-3-2-4-12(15)13(8)16-14(19)9-5-10(17)7-11(18)6-9/h2-7,17-18H,1H3,(H,16,19). The highest BCUT2D eigenvalue weighted by atomic mass is 19.1. The predicted molar refractivity (Wildman–Crippen MR) is 68.9 cm³/mol. The molecular weight excluding hydrogens is 249 g/mol. The molecule has 3 N–H and O–H groups in total. The smallest absolute Gasteiger partial charge is 0.256 e. The lowest BCUT2D eigenvalue weighted by atomic mass is 10.1. The van der Waals surface area contributed by atoms with Crippen LogP contribution in [0.3, 0.4) is 0 Å². The van der Waals surface area contributed by atoms with Gasteiger partial charge in [-0.05, 0) is 30.7 Å². The Morgan fingerprint density at radius 2 is 1.79 bits per heavy atom. The number of anilines is 1. The van der Waals surface area contributed by atoms with Gasteiger partial charge in [-0.15, -0.1) is 0 Å². The van der Waals surface area contributed by atoms with E-state index in [1.165, 1.54) is 18.2 Å². The first-order valence-corrected chi connectivity index (χ1v) is 5.57. The first-order valence-electron chi connectivity index (χ1n) is 5.57. The monoisotopic (exact) mass is 261 g/mol. The molecule has 0 heterocycles. The van der Waals surface area contributed by atoms with E-state index in [4.69, 9.17) is 0 Å². The summed E-state index contributed by atoms with van der Waals surface area (Å²) in [6.45, 7) is 1.67. The van der Waals surface area contributed by atoms with Gasteiger partial charge in [0.05, 0.1) is 5.69 Å². The summed E-state index contributed by atoms with van der Waals surface area (Å²) < 4.78 is 13.6.